The van der Waals surface area contributed by atoms with Crippen molar-refractivity contribution in [2.45, 2.75) is 44.2 Å². The van der Waals surface area contributed by atoms with Gasteiger partial charge in [0.1, 0.15) is 0 Å². The van der Waals surface area contributed by atoms with Crippen molar-refractivity contribution in [3.63, 3.8) is 0 Å². The van der Waals surface area contributed by atoms with E-state index >= 15 is 0 Å². The highest BCUT2D eigenvalue weighted by Gasteiger charge is 2.22. The van der Waals surface area contributed by atoms with Gasteiger partial charge in [-0.15, -0.1) is 0 Å². The quantitative estimate of drug-likeness (QED) is 0.826. The maximum Gasteiger partial charge on any atom is 0.0643 e. The molecule has 0 aliphatic heterocycles. The zero-order valence-electron chi connectivity index (χ0n) is 11.5. The number of nitrogens with two attached hydrogens (primary N) is 1. The first-order chi connectivity index (χ1) is 9.28. The fraction of sp³-hybridized carbons (Fsp3) is 0.625. The van der Waals surface area contributed by atoms with Gasteiger partial charge in [-0.2, -0.15) is 0 Å². The minimum atomic E-state index is -0.234. The first-order valence-electron chi connectivity index (χ1n) is 7.30. The van der Waals surface area contributed by atoms with Crippen LogP contribution in [0.3, 0.4) is 0 Å². The van der Waals surface area contributed by atoms with Crippen molar-refractivity contribution >= 4 is 0 Å². The Bertz CT molecular complexity index is 347. The van der Waals surface area contributed by atoms with Gasteiger partial charge in [0.25, 0.3) is 0 Å². The molecule has 0 aromatic heterocycles. The predicted octanol–water partition coefficient (Wildman–Crippen LogP) is 2.12. The lowest BCUT2D eigenvalue weighted by Gasteiger charge is -2.29. The normalized spacial score (nSPS) is 25.2. The van der Waals surface area contributed by atoms with E-state index in [1.54, 1.807) is 0 Å². The summed E-state index contributed by atoms with van der Waals surface area (Å²) in [6.07, 6.45) is 6.22. The summed E-state index contributed by atoms with van der Waals surface area (Å²) in [5, 5.41) is 8.87. The molecule has 1 saturated carbocycles. The fourth-order valence-electron chi connectivity index (χ4n) is 2.76. The van der Waals surface area contributed by atoms with Crippen molar-refractivity contribution in [3.05, 3.63) is 35.9 Å². The Morgan fingerprint density at radius 3 is 2.47 bits per heavy atom. The average Bonchev–Trinajstić information content (AvgIpc) is 2.47. The van der Waals surface area contributed by atoms with E-state index in [1.807, 2.05) is 0 Å². The van der Waals surface area contributed by atoms with Crippen molar-refractivity contribution in [3.8, 4) is 0 Å². The van der Waals surface area contributed by atoms with Gasteiger partial charge in [-0.05, 0) is 43.6 Å². The SMILES string of the molecule is NC(CO)COC1CCC(Cc2ccccc2)CC1. The van der Waals surface area contributed by atoms with Gasteiger partial charge in [0.05, 0.1) is 25.4 Å². The number of ether oxygens (including phenoxy) is 1. The van der Waals surface area contributed by atoms with Crippen LogP contribution in [0.4, 0.5) is 0 Å². The van der Waals surface area contributed by atoms with Gasteiger partial charge < -0.3 is 15.6 Å². The maximum absolute atomic E-state index is 8.87. The fourth-order valence-corrected chi connectivity index (χ4v) is 2.76. The number of hydrogen-bond donors (Lipinski definition) is 2. The molecule has 0 spiro atoms. The molecule has 1 aliphatic carbocycles. The van der Waals surface area contributed by atoms with Gasteiger partial charge in [0.2, 0.25) is 0 Å². The summed E-state index contributed by atoms with van der Waals surface area (Å²) in [4.78, 5) is 0. The van der Waals surface area contributed by atoms with E-state index in [0.717, 1.165) is 18.8 Å². The maximum atomic E-state index is 8.87. The van der Waals surface area contributed by atoms with Crippen LogP contribution >= 0.6 is 0 Å². The highest BCUT2D eigenvalue weighted by atomic mass is 16.5. The molecular weight excluding hydrogens is 238 g/mol. The van der Waals surface area contributed by atoms with E-state index < -0.39 is 0 Å². The summed E-state index contributed by atoms with van der Waals surface area (Å²) in [5.74, 6) is 0.786. The lowest BCUT2D eigenvalue weighted by atomic mass is 9.83. The zero-order chi connectivity index (χ0) is 13.5. The number of rotatable bonds is 6. The van der Waals surface area contributed by atoms with Crippen molar-refractivity contribution in [1.82, 2.24) is 0 Å². The molecule has 0 amide bonds. The summed E-state index contributed by atoms with van der Waals surface area (Å²) < 4.78 is 5.75. The first kappa shape index (κ1) is 14.5. The van der Waals surface area contributed by atoms with Crippen LogP contribution in [0.1, 0.15) is 31.2 Å². The van der Waals surface area contributed by atoms with Gasteiger partial charge in [-0.1, -0.05) is 30.3 Å². The summed E-state index contributed by atoms with van der Waals surface area (Å²) in [7, 11) is 0. The van der Waals surface area contributed by atoms with Crippen molar-refractivity contribution in [2.24, 2.45) is 11.7 Å². The topological polar surface area (TPSA) is 55.5 Å². The molecule has 106 valence electrons. The van der Waals surface area contributed by atoms with E-state index in [9.17, 15) is 0 Å². The molecule has 3 nitrogen and oxygen atoms in total. The molecule has 0 radical (unpaired) electrons. The lowest BCUT2D eigenvalue weighted by Crippen LogP contribution is -2.33. The van der Waals surface area contributed by atoms with E-state index in [4.69, 9.17) is 15.6 Å². The smallest absolute Gasteiger partial charge is 0.0643 e. The Morgan fingerprint density at radius 2 is 1.84 bits per heavy atom. The summed E-state index contributed by atoms with van der Waals surface area (Å²) in [6.45, 7) is 0.480. The Labute approximate surface area is 115 Å². The van der Waals surface area contributed by atoms with Gasteiger partial charge in [0.15, 0.2) is 0 Å². The van der Waals surface area contributed by atoms with Crippen molar-refractivity contribution < 1.29 is 9.84 Å². The Hall–Kier alpha value is -0.900. The van der Waals surface area contributed by atoms with Crippen LogP contribution < -0.4 is 5.73 Å². The first-order valence-corrected chi connectivity index (χ1v) is 7.30. The van der Waals surface area contributed by atoms with E-state index in [1.165, 1.54) is 24.8 Å². The second-order valence-corrected chi connectivity index (χ2v) is 5.61. The summed E-state index contributed by atoms with van der Waals surface area (Å²) in [5.41, 5.74) is 7.08. The number of hydrogen-bond acceptors (Lipinski definition) is 3. The molecule has 1 aliphatic rings. The second kappa shape index (κ2) is 7.63. The molecule has 19 heavy (non-hydrogen) atoms. The number of aliphatic hydroxyl groups is 1. The van der Waals surface area contributed by atoms with Crippen LogP contribution in [0, 0.1) is 5.92 Å². The van der Waals surface area contributed by atoms with Gasteiger partial charge in [0, 0.05) is 0 Å². The number of benzene rings is 1. The van der Waals surface area contributed by atoms with Crippen LogP contribution in [-0.2, 0) is 11.2 Å². The van der Waals surface area contributed by atoms with Gasteiger partial charge >= 0.3 is 0 Å². The highest BCUT2D eigenvalue weighted by Crippen LogP contribution is 2.28. The molecule has 1 aromatic carbocycles. The third kappa shape index (κ3) is 4.94. The average molecular weight is 263 g/mol. The molecule has 0 heterocycles. The molecule has 2 rings (SSSR count). The molecule has 1 unspecified atom stereocenters. The van der Waals surface area contributed by atoms with Crippen LogP contribution in [0.5, 0.6) is 0 Å². The Kier molecular flexibility index (Phi) is 5.83. The van der Waals surface area contributed by atoms with Crippen molar-refractivity contribution in [2.75, 3.05) is 13.2 Å². The molecule has 3 N–H and O–H groups in total. The summed E-state index contributed by atoms with van der Waals surface area (Å²) >= 11 is 0. The molecule has 3 heteroatoms. The largest absolute Gasteiger partial charge is 0.395 e. The molecule has 1 fully saturated rings. The van der Waals surface area contributed by atoms with E-state index in [2.05, 4.69) is 30.3 Å². The second-order valence-electron chi connectivity index (χ2n) is 5.61. The minimum Gasteiger partial charge on any atom is -0.395 e. The van der Waals surface area contributed by atoms with Crippen LogP contribution in [0.2, 0.25) is 0 Å². The van der Waals surface area contributed by atoms with Crippen LogP contribution in [0.25, 0.3) is 0 Å². The Balaban J connectivity index is 1.68. The monoisotopic (exact) mass is 263 g/mol. The number of aliphatic hydroxyl groups excluding tert-OH is 1. The highest BCUT2D eigenvalue weighted by molar-refractivity contribution is 5.15. The van der Waals surface area contributed by atoms with E-state index in [-0.39, 0.29) is 12.6 Å². The molecule has 1 atom stereocenters. The molecule has 1 aromatic rings. The third-order valence-corrected chi connectivity index (χ3v) is 3.94. The van der Waals surface area contributed by atoms with E-state index in [0.29, 0.717) is 12.7 Å². The molecule has 0 bridgehead atoms. The van der Waals surface area contributed by atoms with Crippen LogP contribution in [0.15, 0.2) is 30.3 Å². The van der Waals surface area contributed by atoms with Gasteiger partial charge in [-0.3, -0.25) is 0 Å². The summed E-state index contributed by atoms with van der Waals surface area (Å²) in [6, 6.07) is 10.5. The lowest BCUT2D eigenvalue weighted by molar-refractivity contribution is 0.00474. The third-order valence-electron chi connectivity index (χ3n) is 3.94. The van der Waals surface area contributed by atoms with Crippen LogP contribution in [-0.4, -0.2) is 30.5 Å². The zero-order valence-corrected chi connectivity index (χ0v) is 11.5. The molecule has 0 saturated heterocycles. The Morgan fingerprint density at radius 1 is 1.16 bits per heavy atom. The standard InChI is InChI=1S/C16H25NO2/c17-15(11-18)12-19-16-8-6-14(7-9-16)10-13-4-2-1-3-5-13/h1-5,14-16,18H,6-12,17H2. The predicted molar refractivity (Wildman–Crippen MR) is 76.9 cm³/mol. The van der Waals surface area contributed by atoms with Gasteiger partial charge in [-0.25, -0.2) is 0 Å². The molecular formula is C16H25NO2. The van der Waals surface area contributed by atoms with Crippen molar-refractivity contribution in [1.29, 1.82) is 0 Å². The minimum absolute atomic E-state index is 0.00333.